The van der Waals surface area contributed by atoms with Crippen molar-refractivity contribution in [3.05, 3.63) is 24.3 Å². The summed E-state index contributed by atoms with van der Waals surface area (Å²) in [5.74, 6) is 1.76. The van der Waals surface area contributed by atoms with E-state index < -0.39 is 0 Å². The number of ether oxygens (including phenoxy) is 2. The van der Waals surface area contributed by atoms with Gasteiger partial charge in [0.2, 0.25) is 0 Å². The molecule has 0 N–H and O–H groups in total. The zero-order chi connectivity index (χ0) is 12.5. The molecule has 0 aliphatic heterocycles. The summed E-state index contributed by atoms with van der Waals surface area (Å²) in [4.78, 5) is 0. The summed E-state index contributed by atoms with van der Waals surface area (Å²) in [6.07, 6.45) is 1.13. The number of rotatable bonds is 4. The Hall–Kier alpha value is -0.890. The molecule has 1 aliphatic rings. The Morgan fingerprint density at radius 3 is 2.29 bits per heavy atom. The molecule has 17 heavy (non-hydrogen) atoms. The molecule has 0 heterocycles. The summed E-state index contributed by atoms with van der Waals surface area (Å²) in [5, 5.41) is 0.218. The van der Waals surface area contributed by atoms with Crippen molar-refractivity contribution in [2.75, 3.05) is 6.61 Å². The topological polar surface area (TPSA) is 18.5 Å². The first-order chi connectivity index (χ1) is 8.04. The molecule has 1 aromatic rings. The number of alkyl halides is 1. The van der Waals surface area contributed by atoms with Crippen molar-refractivity contribution < 1.29 is 9.47 Å². The van der Waals surface area contributed by atoms with Crippen LogP contribution in [-0.4, -0.2) is 18.1 Å². The second-order valence-corrected chi connectivity index (χ2v) is 5.56. The van der Waals surface area contributed by atoms with E-state index in [1.54, 1.807) is 0 Å². The molecule has 1 saturated carbocycles. The van der Waals surface area contributed by atoms with Crippen molar-refractivity contribution >= 4 is 11.6 Å². The van der Waals surface area contributed by atoms with Gasteiger partial charge in [-0.25, -0.2) is 0 Å². The van der Waals surface area contributed by atoms with E-state index in [1.165, 1.54) is 0 Å². The number of hydrogen-bond donors (Lipinski definition) is 0. The van der Waals surface area contributed by atoms with Crippen LogP contribution in [0.25, 0.3) is 0 Å². The van der Waals surface area contributed by atoms with E-state index in [4.69, 9.17) is 21.1 Å². The van der Waals surface area contributed by atoms with Crippen LogP contribution in [-0.2, 0) is 0 Å². The lowest BCUT2D eigenvalue weighted by Crippen LogP contribution is -2.53. The Morgan fingerprint density at radius 2 is 1.82 bits per heavy atom. The zero-order valence-corrected chi connectivity index (χ0v) is 11.3. The van der Waals surface area contributed by atoms with E-state index in [0.29, 0.717) is 6.61 Å². The van der Waals surface area contributed by atoms with E-state index in [9.17, 15) is 0 Å². The SMILES string of the molecule is CCOc1ccc(OC2CC(Cl)C2(C)C)cc1. The maximum absolute atomic E-state index is 6.17. The monoisotopic (exact) mass is 254 g/mol. The minimum Gasteiger partial charge on any atom is -0.494 e. The molecule has 1 fully saturated rings. The Labute approximate surface area is 108 Å². The molecule has 94 valence electrons. The Kier molecular flexibility index (Phi) is 3.53. The molecule has 0 saturated heterocycles. The average molecular weight is 255 g/mol. The van der Waals surface area contributed by atoms with E-state index in [-0.39, 0.29) is 16.9 Å². The quantitative estimate of drug-likeness (QED) is 0.760. The first-order valence-electron chi connectivity index (χ1n) is 6.07. The molecule has 1 aromatic carbocycles. The summed E-state index contributed by atoms with van der Waals surface area (Å²) in [6, 6.07) is 7.76. The maximum atomic E-state index is 6.17. The van der Waals surface area contributed by atoms with Crippen LogP contribution >= 0.6 is 11.6 Å². The molecular weight excluding hydrogens is 236 g/mol. The fourth-order valence-corrected chi connectivity index (χ4v) is 2.28. The highest BCUT2D eigenvalue weighted by Crippen LogP contribution is 2.46. The minimum atomic E-state index is 0.0557. The second kappa shape index (κ2) is 4.77. The maximum Gasteiger partial charge on any atom is 0.120 e. The Morgan fingerprint density at radius 1 is 1.24 bits per heavy atom. The Bertz CT molecular complexity index is 372. The summed E-state index contributed by atoms with van der Waals surface area (Å²) in [6.45, 7) is 6.95. The predicted octanol–water partition coefficient (Wildman–Crippen LogP) is 3.87. The van der Waals surface area contributed by atoms with E-state index in [1.807, 2.05) is 31.2 Å². The standard InChI is InChI=1S/C14H19ClO2/c1-4-16-10-5-7-11(8-6-10)17-13-9-12(15)14(13,2)3/h5-8,12-13H,4,9H2,1-3H3. The fraction of sp³-hybridized carbons (Fsp3) is 0.571. The van der Waals surface area contributed by atoms with Gasteiger partial charge < -0.3 is 9.47 Å². The van der Waals surface area contributed by atoms with Crippen LogP contribution in [0.15, 0.2) is 24.3 Å². The van der Waals surface area contributed by atoms with Crippen molar-refractivity contribution in [1.82, 2.24) is 0 Å². The van der Waals surface area contributed by atoms with Crippen LogP contribution in [0.3, 0.4) is 0 Å². The number of halogens is 1. The summed E-state index contributed by atoms with van der Waals surface area (Å²) in [5.41, 5.74) is 0.0557. The van der Waals surface area contributed by atoms with Crippen LogP contribution < -0.4 is 9.47 Å². The predicted molar refractivity (Wildman–Crippen MR) is 70.1 cm³/mol. The first-order valence-corrected chi connectivity index (χ1v) is 6.51. The van der Waals surface area contributed by atoms with Crippen LogP contribution in [0, 0.1) is 5.41 Å². The van der Waals surface area contributed by atoms with Gasteiger partial charge in [0, 0.05) is 17.2 Å². The van der Waals surface area contributed by atoms with Gasteiger partial charge in [0.1, 0.15) is 17.6 Å². The molecular formula is C14H19ClO2. The normalized spacial score (nSPS) is 26.1. The largest absolute Gasteiger partial charge is 0.494 e. The molecule has 0 bridgehead atoms. The van der Waals surface area contributed by atoms with Crippen molar-refractivity contribution in [3.63, 3.8) is 0 Å². The zero-order valence-electron chi connectivity index (χ0n) is 10.6. The summed E-state index contributed by atoms with van der Waals surface area (Å²) >= 11 is 6.17. The average Bonchev–Trinajstić information content (AvgIpc) is 2.31. The van der Waals surface area contributed by atoms with E-state index >= 15 is 0 Å². The van der Waals surface area contributed by atoms with Crippen LogP contribution in [0.2, 0.25) is 0 Å². The minimum absolute atomic E-state index is 0.0557. The molecule has 1 aliphatic carbocycles. The molecule has 0 spiro atoms. The third kappa shape index (κ3) is 2.52. The third-order valence-electron chi connectivity index (χ3n) is 3.47. The first kappa shape index (κ1) is 12.6. The van der Waals surface area contributed by atoms with Gasteiger partial charge in [0.15, 0.2) is 0 Å². The van der Waals surface area contributed by atoms with Gasteiger partial charge >= 0.3 is 0 Å². The van der Waals surface area contributed by atoms with Crippen LogP contribution in [0.4, 0.5) is 0 Å². The number of hydrogen-bond acceptors (Lipinski definition) is 2. The van der Waals surface area contributed by atoms with Crippen molar-refractivity contribution in [3.8, 4) is 11.5 Å². The van der Waals surface area contributed by atoms with Gasteiger partial charge in [-0.2, -0.15) is 0 Å². The van der Waals surface area contributed by atoms with Crippen LogP contribution in [0.5, 0.6) is 11.5 Å². The second-order valence-electron chi connectivity index (χ2n) is 5.04. The van der Waals surface area contributed by atoms with Gasteiger partial charge in [-0.1, -0.05) is 13.8 Å². The third-order valence-corrected chi connectivity index (χ3v) is 4.21. The summed E-state index contributed by atoms with van der Waals surface area (Å²) in [7, 11) is 0. The molecule has 2 nitrogen and oxygen atoms in total. The van der Waals surface area contributed by atoms with Crippen molar-refractivity contribution in [2.45, 2.75) is 38.7 Å². The van der Waals surface area contributed by atoms with E-state index in [0.717, 1.165) is 17.9 Å². The van der Waals surface area contributed by atoms with Gasteiger partial charge in [0.05, 0.1) is 6.61 Å². The molecule has 3 heteroatoms. The number of benzene rings is 1. The van der Waals surface area contributed by atoms with Crippen molar-refractivity contribution in [1.29, 1.82) is 0 Å². The highest BCUT2D eigenvalue weighted by Gasteiger charge is 2.49. The Balaban J connectivity index is 1.96. The van der Waals surface area contributed by atoms with Gasteiger partial charge in [-0.3, -0.25) is 0 Å². The van der Waals surface area contributed by atoms with Gasteiger partial charge in [0.25, 0.3) is 0 Å². The molecule has 0 aromatic heterocycles. The molecule has 2 unspecified atom stereocenters. The lowest BCUT2D eigenvalue weighted by Gasteiger charge is -2.48. The lowest BCUT2D eigenvalue weighted by atomic mass is 9.68. The highest BCUT2D eigenvalue weighted by molar-refractivity contribution is 6.21. The molecule has 2 atom stereocenters. The lowest BCUT2D eigenvalue weighted by molar-refractivity contribution is -0.0130. The van der Waals surface area contributed by atoms with Crippen LogP contribution in [0.1, 0.15) is 27.2 Å². The fourth-order valence-electron chi connectivity index (χ4n) is 1.98. The molecule has 0 radical (unpaired) electrons. The summed E-state index contributed by atoms with van der Waals surface area (Å²) < 4.78 is 11.3. The molecule has 2 rings (SSSR count). The van der Waals surface area contributed by atoms with Gasteiger partial charge in [-0.05, 0) is 31.2 Å². The van der Waals surface area contributed by atoms with Gasteiger partial charge in [-0.15, -0.1) is 11.6 Å². The van der Waals surface area contributed by atoms with E-state index in [2.05, 4.69) is 13.8 Å². The van der Waals surface area contributed by atoms with Crippen molar-refractivity contribution in [2.24, 2.45) is 5.41 Å². The smallest absolute Gasteiger partial charge is 0.120 e. The highest BCUT2D eigenvalue weighted by atomic mass is 35.5. The molecule has 0 amide bonds.